The molecule has 1 aromatic rings. The summed E-state index contributed by atoms with van der Waals surface area (Å²) in [5, 5.41) is 5.54. The first kappa shape index (κ1) is 18.3. The van der Waals surface area contributed by atoms with Crippen molar-refractivity contribution in [3.05, 3.63) is 35.4 Å². The normalized spacial score (nSPS) is 22.8. The molecule has 0 aromatic heterocycles. The molecule has 8 heteroatoms. The number of carbonyl (C=O) groups excluding carboxylic acids is 3. The average Bonchev–Trinajstić information content (AvgIpc) is 3.15. The molecule has 26 heavy (non-hydrogen) atoms. The topological polar surface area (TPSA) is 114 Å². The highest BCUT2D eigenvalue weighted by Crippen LogP contribution is 2.19. The van der Waals surface area contributed by atoms with Gasteiger partial charge in [-0.05, 0) is 30.5 Å². The molecule has 0 saturated carbocycles. The highest BCUT2D eigenvalue weighted by Gasteiger charge is 2.29. The van der Waals surface area contributed by atoms with Gasteiger partial charge in [0.1, 0.15) is 6.10 Å². The monoisotopic (exact) mass is 360 g/mol. The average molecular weight is 360 g/mol. The van der Waals surface area contributed by atoms with Gasteiger partial charge in [0.15, 0.2) is 0 Å². The summed E-state index contributed by atoms with van der Waals surface area (Å²) in [7, 11) is 0. The number of benzene rings is 1. The molecule has 0 unspecified atom stereocenters. The van der Waals surface area contributed by atoms with E-state index in [1.807, 2.05) is 0 Å². The first-order chi connectivity index (χ1) is 12.6. The van der Waals surface area contributed by atoms with Gasteiger partial charge in [0.2, 0.25) is 11.8 Å². The smallest absolute Gasteiger partial charge is 0.254 e. The van der Waals surface area contributed by atoms with E-state index in [0.717, 1.165) is 12.0 Å². The van der Waals surface area contributed by atoms with E-state index >= 15 is 0 Å². The summed E-state index contributed by atoms with van der Waals surface area (Å²) in [6.45, 7) is 1.86. The fourth-order valence-electron chi connectivity index (χ4n) is 3.13. The molecule has 2 aliphatic heterocycles. The minimum atomic E-state index is -0.436. The second-order valence-electron chi connectivity index (χ2n) is 6.55. The van der Waals surface area contributed by atoms with E-state index in [9.17, 15) is 14.4 Å². The van der Waals surface area contributed by atoms with Gasteiger partial charge in [0.05, 0.1) is 12.6 Å². The molecule has 8 nitrogen and oxygen atoms in total. The van der Waals surface area contributed by atoms with Crippen LogP contribution in [0.25, 0.3) is 0 Å². The third-order valence-corrected chi connectivity index (χ3v) is 4.66. The first-order valence-electron chi connectivity index (χ1n) is 8.85. The van der Waals surface area contributed by atoms with Gasteiger partial charge in [-0.2, -0.15) is 0 Å². The number of nitrogens with one attached hydrogen (secondary N) is 2. The second-order valence-corrected chi connectivity index (χ2v) is 6.55. The van der Waals surface area contributed by atoms with E-state index in [2.05, 4.69) is 10.6 Å². The minimum Gasteiger partial charge on any atom is -0.364 e. The van der Waals surface area contributed by atoms with Crippen LogP contribution < -0.4 is 16.4 Å². The lowest BCUT2D eigenvalue weighted by atomic mass is 10.1. The van der Waals surface area contributed by atoms with Crippen LogP contribution in [0.15, 0.2) is 24.3 Å². The quantitative estimate of drug-likeness (QED) is 0.648. The van der Waals surface area contributed by atoms with Crippen molar-refractivity contribution >= 4 is 17.7 Å². The number of ether oxygens (including phenoxy) is 1. The summed E-state index contributed by atoms with van der Waals surface area (Å²) >= 11 is 0. The number of amides is 3. The van der Waals surface area contributed by atoms with Gasteiger partial charge < -0.3 is 26.0 Å². The van der Waals surface area contributed by atoms with Gasteiger partial charge in [0, 0.05) is 31.7 Å². The Morgan fingerprint density at radius 1 is 1.27 bits per heavy atom. The Kier molecular flexibility index (Phi) is 5.85. The van der Waals surface area contributed by atoms with E-state index in [1.165, 1.54) is 4.90 Å². The summed E-state index contributed by atoms with van der Waals surface area (Å²) in [5.41, 5.74) is 6.97. The third-order valence-electron chi connectivity index (χ3n) is 4.66. The fraction of sp³-hybridized carbons (Fsp3) is 0.500. The number of piperazine rings is 1. The van der Waals surface area contributed by atoms with Gasteiger partial charge >= 0.3 is 0 Å². The molecular weight excluding hydrogens is 336 g/mol. The molecule has 2 saturated heterocycles. The molecule has 4 N–H and O–H groups in total. The Balaban J connectivity index is 1.50. The van der Waals surface area contributed by atoms with E-state index < -0.39 is 6.10 Å². The van der Waals surface area contributed by atoms with Crippen LogP contribution in [0.3, 0.4) is 0 Å². The zero-order chi connectivity index (χ0) is 18.5. The van der Waals surface area contributed by atoms with Crippen molar-refractivity contribution in [1.82, 2.24) is 15.5 Å². The van der Waals surface area contributed by atoms with Crippen LogP contribution in [0.1, 0.15) is 28.8 Å². The molecule has 0 bridgehead atoms. The predicted molar refractivity (Wildman–Crippen MR) is 94.2 cm³/mol. The minimum absolute atomic E-state index is 0.0343. The molecule has 3 amide bonds. The highest BCUT2D eigenvalue weighted by molar-refractivity contribution is 5.97. The maximum absolute atomic E-state index is 12.4. The maximum atomic E-state index is 12.4. The van der Waals surface area contributed by atoms with Crippen molar-refractivity contribution in [2.24, 2.45) is 5.73 Å². The van der Waals surface area contributed by atoms with Crippen molar-refractivity contribution in [1.29, 1.82) is 0 Å². The molecule has 0 radical (unpaired) electrons. The van der Waals surface area contributed by atoms with Crippen molar-refractivity contribution in [3.63, 3.8) is 0 Å². The zero-order valence-electron chi connectivity index (χ0n) is 14.6. The Hall–Kier alpha value is -2.45. The van der Waals surface area contributed by atoms with Gasteiger partial charge in [-0.3, -0.25) is 14.4 Å². The van der Waals surface area contributed by atoms with Crippen LogP contribution >= 0.6 is 0 Å². The Morgan fingerprint density at radius 3 is 2.69 bits per heavy atom. The van der Waals surface area contributed by atoms with Crippen molar-refractivity contribution in [3.8, 4) is 0 Å². The lowest BCUT2D eigenvalue weighted by Gasteiger charge is -2.26. The summed E-state index contributed by atoms with van der Waals surface area (Å²) in [4.78, 5) is 37.4. The van der Waals surface area contributed by atoms with Crippen molar-refractivity contribution in [2.75, 3.05) is 26.2 Å². The van der Waals surface area contributed by atoms with Crippen molar-refractivity contribution < 1.29 is 19.1 Å². The van der Waals surface area contributed by atoms with Gasteiger partial charge in [-0.15, -0.1) is 0 Å². The first-order valence-corrected chi connectivity index (χ1v) is 8.85. The van der Waals surface area contributed by atoms with Crippen LogP contribution in [-0.2, 0) is 20.9 Å². The van der Waals surface area contributed by atoms with Crippen LogP contribution in [-0.4, -0.2) is 61.0 Å². The Bertz CT molecular complexity index is 676. The number of nitrogens with zero attached hydrogens (tertiary/aromatic N) is 1. The molecule has 2 fully saturated rings. The van der Waals surface area contributed by atoms with Crippen LogP contribution in [0.5, 0.6) is 0 Å². The number of hydrogen-bond donors (Lipinski definition) is 3. The van der Waals surface area contributed by atoms with Gasteiger partial charge in [-0.1, -0.05) is 12.1 Å². The largest absolute Gasteiger partial charge is 0.364 e. The fourth-order valence-corrected chi connectivity index (χ4v) is 3.13. The molecular formula is C18H24N4O4. The summed E-state index contributed by atoms with van der Waals surface area (Å²) in [6.07, 6.45) is 1.02. The maximum Gasteiger partial charge on any atom is 0.254 e. The molecule has 2 atom stereocenters. The highest BCUT2D eigenvalue weighted by atomic mass is 16.5. The van der Waals surface area contributed by atoms with Crippen molar-refractivity contribution in [2.45, 2.75) is 31.6 Å². The van der Waals surface area contributed by atoms with Gasteiger partial charge in [-0.25, -0.2) is 0 Å². The number of nitrogens with two attached hydrogens (primary N) is 1. The molecule has 0 spiro atoms. The third kappa shape index (κ3) is 4.39. The molecule has 140 valence electrons. The summed E-state index contributed by atoms with van der Waals surface area (Å²) in [6, 6.07) is 7.03. The van der Waals surface area contributed by atoms with Crippen LogP contribution in [0, 0.1) is 0 Å². The van der Waals surface area contributed by atoms with Gasteiger partial charge in [0.25, 0.3) is 5.91 Å². The summed E-state index contributed by atoms with van der Waals surface area (Å²) in [5.74, 6) is -0.446. The molecule has 0 aliphatic carbocycles. The van der Waals surface area contributed by atoms with E-state index in [-0.39, 0.29) is 30.4 Å². The number of carbonyl (C=O) groups is 3. The van der Waals surface area contributed by atoms with E-state index in [1.54, 1.807) is 24.3 Å². The molecule has 1 aromatic carbocycles. The molecule has 2 aliphatic rings. The van der Waals surface area contributed by atoms with Crippen LogP contribution in [0.4, 0.5) is 0 Å². The summed E-state index contributed by atoms with van der Waals surface area (Å²) < 4.78 is 5.57. The molecule has 2 heterocycles. The Morgan fingerprint density at radius 2 is 2.04 bits per heavy atom. The SMILES string of the molecule is NC[C@H]1CC[C@@H](C(=O)NCc2ccc(C(=O)N3CCNC(=O)C3)cc2)O1. The van der Waals surface area contributed by atoms with E-state index in [4.69, 9.17) is 10.5 Å². The lowest BCUT2D eigenvalue weighted by molar-refractivity contribution is -0.132. The predicted octanol–water partition coefficient (Wildman–Crippen LogP) is -0.619. The lowest BCUT2D eigenvalue weighted by Crippen LogP contribution is -2.49. The van der Waals surface area contributed by atoms with E-state index in [0.29, 0.717) is 38.2 Å². The number of hydrogen-bond acceptors (Lipinski definition) is 5. The zero-order valence-corrected chi connectivity index (χ0v) is 14.6. The number of rotatable bonds is 5. The second kappa shape index (κ2) is 8.29. The Labute approximate surface area is 152 Å². The molecule has 3 rings (SSSR count). The van der Waals surface area contributed by atoms with Crippen LogP contribution in [0.2, 0.25) is 0 Å². The standard InChI is InChI=1S/C18H24N4O4/c19-9-14-5-6-15(26-14)17(24)21-10-12-1-3-13(4-2-12)18(25)22-8-7-20-16(23)11-22/h1-4,14-15H,5-11,19H2,(H,20,23)(H,21,24)/t14-,15+/m1/s1.